The van der Waals surface area contributed by atoms with Gasteiger partial charge in [0.15, 0.2) is 0 Å². The zero-order chi connectivity index (χ0) is 12.8. The van der Waals surface area contributed by atoms with Crippen molar-refractivity contribution in [2.45, 2.75) is 19.3 Å². The highest BCUT2D eigenvalue weighted by Crippen LogP contribution is 2.34. The van der Waals surface area contributed by atoms with Gasteiger partial charge in [-0.3, -0.25) is 0 Å². The van der Waals surface area contributed by atoms with Crippen LogP contribution in [0.4, 0.5) is 0 Å². The normalized spacial score (nSPS) is 14.7. The zero-order valence-electron chi connectivity index (χ0n) is 9.89. The smallest absolute Gasteiger partial charge is 0.0959 e. The predicted octanol–water partition coefficient (Wildman–Crippen LogP) is 3.94. The highest BCUT2D eigenvalue weighted by atomic mass is 32.2. The molecule has 0 saturated carbocycles. The summed E-state index contributed by atoms with van der Waals surface area (Å²) in [5.74, 6) is 0. The second-order valence-electron chi connectivity index (χ2n) is 4.05. The summed E-state index contributed by atoms with van der Waals surface area (Å²) >= 11 is 1.52. The van der Waals surface area contributed by atoms with Crippen LogP contribution in [0.25, 0.3) is 0 Å². The molecule has 2 rings (SSSR count). The molecule has 0 aliphatic carbocycles. The molecular formula is C15H12N2S. The number of benzene rings is 1. The van der Waals surface area contributed by atoms with E-state index < -0.39 is 0 Å². The number of rotatable bonds is 3. The number of hydrogen-bond acceptors (Lipinski definition) is 3. The molecule has 2 nitrogen and oxygen atoms in total. The van der Waals surface area contributed by atoms with Crippen LogP contribution in [0.1, 0.15) is 18.4 Å². The van der Waals surface area contributed by atoms with E-state index in [0.717, 1.165) is 23.3 Å². The first-order chi connectivity index (χ1) is 8.83. The summed E-state index contributed by atoms with van der Waals surface area (Å²) in [7, 11) is 0. The van der Waals surface area contributed by atoms with Crippen LogP contribution in [-0.2, 0) is 6.42 Å². The van der Waals surface area contributed by atoms with Gasteiger partial charge in [-0.1, -0.05) is 30.3 Å². The van der Waals surface area contributed by atoms with Crippen LogP contribution in [0.2, 0.25) is 0 Å². The maximum Gasteiger partial charge on any atom is 0.0959 e. The van der Waals surface area contributed by atoms with Crippen molar-refractivity contribution in [3.05, 3.63) is 57.4 Å². The average molecular weight is 252 g/mol. The van der Waals surface area contributed by atoms with E-state index in [0.29, 0.717) is 12.0 Å². The third-order valence-corrected chi connectivity index (χ3v) is 3.95. The van der Waals surface area contributed by atoms with Crippen molar-refractivity contribution < 1.29 is 0 Å². The van der Waals surface area contributed by atoms with Gasteiger partial charge in [0, 0.05) is 22.5 Å². The summed E-state index contributed by atoms with van der Waals surface area (Å²) in [6.45, 7) is 0. The average Bonchev–Trinajstić information content (AvgIpc) is 2.46. The Balaban J connectivity index is 2.04. The Morgan fingerprint density at radius 1 is 1.06 bits per heavy atom. The number of hydrogen-bond donors (Lipinski definition) is 0. The minimum absolute atomic E-state index is 0.490. The van der Waals surface area contributed by atoms with Crippen molar-refractivity contribution in [2.24, 2.45) is 0 Å². The molecule has 0 fully saturated rings. The molecule has 0 radical (unpaired) electrons. The van der Waals surface area contributed by atoms with E-state index in [-0.39, 0.29) is 0 Å². The van der Waals surface area contributed by atoms with Crippen molar-refractivity contribution in [1.82, 2.24) is 0 Å². The number of aryl methyl sites for hydroxylation is 1. The van der Waals surface area contributed by atoms with E-state index in [9.17, 15) is 0 Å². The van der Waals surface area contributed by atoms with Crippen LogP contribution in [0, 0.1) is 22.7 Å². The molecule has 18 heavy (non-hydrogen) atoms. The number of nitrogens with zero attached hydrogens (tertiary/aromatic N) is 2. The lowest BCUT2D eigenvalue weighted by atomic mass is 10.0. The monoisotopic (exact) mass is 252 g/mol. The topological polar surface area (TPSA) is 47.6 Å². The van der Waals surface area contributed by atoms with E-state index in [2.05, 4.69) is 24.3 Å². The fraction of sp³-hybridized carbons (Fsp3) is 0.200. The van der Waals surface area contributed by atoms with Crippen LogP contribution >= 0.6 is 11.8 Å². The van der Waals surface area contributed by atoms with Crippen LogP contribution in [0.15, 0.2) is 51.8 Å². The third kappa shape index (κ3) is 3.03. The Morgan fingerprint density at radius 3 is 2.50 bits per heavy atom. The van der Waals surface area contributed by atoms with E-state index >= 15 is 0 Å². The second kappa shape index (κ2) is 6.10. The Bertz CT molecular complexity index is 571. The predicted molar refractivity (Wildman–Crippen MR) is 73.3 cm³/mol. The van der Waals surface area contributed by atoms with Gasteiger partial charge in [0.25, 0.3) is 0 Å². The minimum atomic E-state index is 0.490. The molecule has 88 valence electrons. The zero-order valence-corrected chi connectivity index (χ0v) is 10.7. The molecule has 0 amide bonds. The van der Waals surface area contributed by atoms with Crippen LogP contribution in [0.3, 0.4) is 0 Å². The maximum absolute atomic E-state index is 9.11. The van der Waals surface area contributed by atoms with Gasteiger partial charge < -0.3 is 0 Å². The molecule has 1 aliphatic rings. The number of allylic oxidation sites excluding steroid dienone is 3. The van der Waals surface area contributed by atoms with Gasteiger partial charge in [-0.25, -0.2) is 0 Å². The summed E-state index contributed by atoms with van der Waals surface area (Å²) in [5, 5.41) is 19.8. The lowest BCUT2D eigenvalue weighted by Crippen LogP contribution is -1.96. The van der Waals surface area contributed by atoms with Crippen molar-refractivity contribution in [3.8, 4) is 12.1 Å². The Morgan fingerprint density at radius 2 is 1.83 bits per heavy atom. The highest BCUT2D eigenvalue weighted by Gasteiger charge is 2.14. The maximum atomic E-state index is 9.11. The quantitative estimate of drug-likeness (QED) is 0.818. The molecule has 1 aliphatic heterocycles. The molecule has 1 heterocycles. The van der Waals surface area contributed by atoms with Crippen molar-refractivity contribution in [1.29, 1.82) is 10.5 Å². The van der Waals surface area contributed by atoms with Gasteiger partial charge in [0.2, 0.25) is 0 Å². The van der Waals surface area contributed by atoms with Gasteiger partial charge in [-0.2, -0.15) is 10.5 Å². The number of nitriles is 2. The highest BCUT2D eigenvalue weighted by molar-refractivity contribution is 8.05. The molecule has 0 bridgehead atoms. The molecule has 1 aromatic carbocycles. The summed E-state index contributed by atoms with van der Waals surface area (Å²) in [6.07, 6.45) is 2.29. The first-order valence-electron chi connectivity index (χ1n) is 5.75. The molecule has 0 atom stereocenters. The third-order valence-electron chi connectivity index (χ3n) is 2.81. The Kier molecular flexibility index (Phi) is 4.23. The fourth-order valence-electron chi connectivity index (χ4n) is 1.82. The summed E-state index contributed by atoms with van der Waals surface area (Å²) in [4.78, 5) is 1.10. The first kappa shape index (κ1) is 12.5. The standard InChI is InChI=1S/C15H12N2S/c16-9-13-8-14(10-17)15(18-11-13)7-6-12-4-2-1-3-5-12/h1-5,11H,6-8H2. The molecule has 0 saturated heterocycles. The Labute approximate surface area is 111 Å². The van der Waals surface area contributed by atoms with E-state index in [1.54, 1.807) is 0 Å². The lowest BCUT2D eigenvalue weighted by molar-refractivity contribution is 0.970. The van der Waals surface area contributed by atoms with Gasteiger partial charge in [-0.05, 0) is 23.8 Å². The molecule has 0 unspecified atom stereocenters. The van der Waals surface area contributed by atoms with Crippen molar-refractivity contribution in [2.75, 3.05) is 0 Å². The van der Waals surface area contributed by atoms with Gasteiger partial charge in [0.1, 0.15) is 0 Å². The summed E-state index contributed by atoms with van der Waals surface area (Å²) in [6, 6.07) is 14.6. The molecular weight excluding hydrogens is 240 g/mol. The first-order valence-corrected chi connectivity index (χ1v) is 6.63. The Hall–Kier alpha value is -1.97. The lowest BCUT2D eigenvalue weighted by Gasteiger charge is -2.12. The van der Waals surface area contributed by atoms with Crippen LogP contribution < -0.4 is 0 Å². The van der Waals surface area contributed by atoms with Gasteiger partial charge >= 0.3 is 0 Å². The second-order valence-corrected chi connectivity index (χ2v) is 5.01. The molecule has 3 heteroatoms. The van der Waals surface area contributed by atoms with Crippen molar-refractivity contribution >= 4 is 11.8 Å². The number of thioether (sulfide) groups is 1. The van der Waals surface area contributed by atoms with Crippen LogP contribution in [0.5, 0.6) is 0 Å². The molecule has 0 aromatic heterocycles. The SMILES string of the molecule is N#CC1=CSC(CCc2ccccc2)=C(C#N)C1. The van der Waals surface area contributed by atoms with E-state index in [1.165, 1.54) is 17.3 Å². The van der Waals surface area contributed by atoms with Crippen molar-refractivity contribution in [3.63, 3.8) is 0 Å². The van der Waals surface area contributed by atoms with E-state index in [4.69, 9.17) is 10.5 Å². The summed E-state index contributed by atoms with van der Waals surface area (Å²) in [5.41, 5.74) is 2.70. The summed E-state index contributed by atoms with van der Waals surface area (Å²) < 4.78 is 0. The molecule has 0 spiro atoms. The van der Waals surface area contributed by atoms with Crippen LogP contribution in [-0.4, -0.2) is 0 Å². The van der Waals surface area contributed by atoms with Gasteiger partial charge in [0.05, 0.1) is 12.1 Å². The van der Waals surface area contributed by atoms with E-state index in [1.807, 2.05) is 23.6 Å². The largest absolute Gasteiger partial charge is 0.193 e. The fourth-order valence-corrected chi connectivity index (χ4v) is 2.72. The molecule has 1 aromatic rings. The molecule has 0 N–H and O–H groups in total. The minimum Gasteiger partial charge on any atom is -0.193 e. The van der Waals surface area contributed by atoms with Gasteiger partial charge in [-0.15, -0.1) is 11.8 Å².